The van der Waals surface area contributed by atoms with Gasteiger partial charge in [-0.1, -0.05) is 19.1 Å². The molecular formula is C29H27N5O3S. The number of hydrogen-bond acceptors (Lipinski definition) is 4. The molecule has 2 aromatic carbocycles. The lowest BCUT2D eigenvalue weighted by atomic mass is 10.00. The molecule has 1 fully saturated rings. The summed E-state index contributed by atoms with van der Waals surface area (Å²) < 4.78 is 1.98. The predicted molar refractivity (Wildman–Crippen MR) is 151 cm³/mol. The van der Waals surface area contributed by atoms with Gasteiger partial charge in [0.15, 0.2) is 5.11 Å². The maximum Gasteiger partial charge on any atom is 0.335 e. The topological polar surface area (TPSA) is 99.5 Å². The third kappa shape index (κ3) is 4.76. The first-order chi connectivity index (χ1) is 18.4. The highest BCUT2D eigenvalue weighted by molar-refractivity contribution is 7.80. The molecule has 0 spiro atoms. The smallest absolute Gasteiger partial charge is 0.335 e. The zero-order valence-electron chi connectivity index (χ0n) is 21.0. The Morgan fingerprint density at radius 3 is 2.61 bits per heavy atom. The standard InChI is InChI=1S/C29H27N5O3S/c1-3-25(35)31-22-13-12-21(16-18(22)2)34-27(26(32-29(34)38)23-10-4-5-14-30-23)24-11-7-15-33(24)20-9-6-8-19(17-20)28(36)37/h4-17,26-27H,3H2,1-2H3,(H,31,35)(H,32,38)(H,36,37)/t26-,27+/m1/s1. The molecule has 38 heavy (non-hydrogen) atoms. The summed E-state index contributed by atoms with van der Waals surface area (Å²) in [7, 11) is 0. The zero-order valence-corrected chi connectivity index (χ0v) is 21.8. The number of aromatic nitrogens is 2. The minimum Gasteiger partial charge on any atom is -0.478 e. The van der Waals surface area contributed by atoms with Gasteiger partial charge in [0.25, 0.3) is 0 Å². The van der Waals surface area contributed by atoms with Gasteiger partial charge >= 0.3 is 5.97 Å². The van der Waals surface area contributed by atoms with Crippen LogP contribution in [0.3, 0.4) is 0 Å². The summed E-state index contributed by atoms with van der Waals surface area (Å²) in [4.78, 5) is 30.3. The number of rotatable bonds is 7. The van der Waals surface area contributed by atoms with Crippen molar-refractivity contribution in [2.75, 3.05) is 10.2 Å². The highest BCUT2D eigenvalue weighted by Gasteiger charge is 2.42. The molecule has 1 aliphatic rings. The van der Waals surface area contributed by atoms with Gasteiger partial charge in [-0.2, -0.15) is 0 Å². The van der Waals surface area contributed by atoms with Gasteiger partial charge in [-0.15, -0.1) is 0 Å². The van der Waals surface area contributed by atoms with Gasteiger partial charge in [0.05, 0.1) is 17.3 Å². The Balaban J connectivity index is 1.62. The Morgan fingerprint density at radius 2 is 1.89 bits per heavy atom. The molecule has 5 rings (SSSR count). The van der Waals surface area contributed by atoms with Gasteiger partial charge in [0.1, 0.15) is 6.04 Å². The van der Waals surface area contributed by atoms with Gasteiger partial charge < -0.3 is 25.2 Å². The molecule has 1 amide bonds. The van der Waals surface area contributed by atoms with Gasteiger partial charge in [-0.05, 0) is 85.4 Å². The van der Waals surface area contributed by atoms with Crippen molar-refractivity contribution in [3.05, 3.63) is 108 Å². The summed E-state index contributed by atoms with van der Waals surface area (Å²) in [6, 6.07) is 21.9. The van der Waals surface area contributed by atoms with E-state index in [4.69, 9.17) is 12.2 Å². The summed E-state index contributed by atoms with van der Waals surface area (Å²) in [5.74, 6) is -1.03. The number of hydrogen-bond donors (Lipinski definition) is 3. The number of nitrogens with one attached hydrogen (secondary N) is 2. The highest BCUT2D eigenvalue weighted by Crippen LogP contribution is 2.43. The van der Waals surface area contributed by atoms with E-state index < -0.39 is 5.97 Å². The van der Waals surface area contributed by atoms with Crippen LogP contribution in [-0.2, 0) is 4.79 Å². The molecule has 1 saturated heterocycles. The van der Waals surface area contributed by atoms with Gasteiger partial charge in [-0.25, -0.2) is 4.79 Å². The zero-order chi connectivity index (χ0) is 26.8. The van der Waals surface area contributed by atoms with Crippen molar-refractivity contribution in [2.45, 2.75) is 32.4 Å². The molecule has 8 nitrogen and oxygen atoms in total. The summed E-state index contributed by atoms with van der Waals surface area (Å²) in [5, 5.41) is 16.5. The Bertz CT molecular complexity index is 1520. The van der Waals surface area contributed by atoms with Gasteiger partial charge in [0, 0.05) is 41.6 Å². The SMILES string of the molecule is CCC(=O)Nc1ccc(N2C(=S)N[C@H](c3ccccn3)[C@@H]2c2cccn2-c2cccc(C(=O)O)c2)cc1C. The van der Waals surface area contributed by atoms with Crippen molar-refractivity contribution in [1.82, 2.24) is 14.9 Å². The molecule has 2 aromatic heterocycles. The number of thiocarbonyl (C=S) groups is 1. The molecule has 3 heterocycles. The molecule has 0 unspecified atom stereocenters. The van der Waals surface area contributed by atoms with Crippen LogP contribution in [0.25, 0.3) is 5.69 Å². The van der Waals surface area contributed by atoms with E-state index in [-0.39, 0.29) is 23.6 Å². The maximum atomic E-state index is 12.0. The molecular weight excluding hydrogens is 498 g/mol. The average Bonchev–Trinajstić information content (AvgIpc) is 3.54. The molecule has 0 bridgehead atoms. The van der Waals surface area contributed by atoms with Crippen LogP contribution < -0.4 is 15.5 Å². The fraction of sp³-hybridized carbons (Fsp3) is 0.172. The minimum atomic E-state index is -0.983. The van der Waals surface area contributed by atoms with Crippen LogP contribution in [0.1, 0.15) is 52.7 Å². The van der Waals surface area contributed by atoms with E-state index in [0.717, 1.165) is 34.0 Å². The van der Waals surface area contributed by atoms with Crippen molar-refractivity contribution in [1.29, 1.82) is 0 Å². The number of aryl methyl sites for hydroxylation is 1. The van der Waals surface area contributed by atoms with Crippen LogP contribution in [-0.4, -0.2) is 31.6 Å². The molecule has 9 heteroatoms. The molecule has 0 aliphatic carbocycles. The number of carbonyl (C=O) groups is 2. The number of nitrogens with zero attached hydrogens (tertiary/aromatic N) is 3. The van der Waals surface area contributed by atoms with Crippen LogP contribution in [0, 0.1) is 6.92 Å². The Morgan fingerprint density at radius 1 is 1.05 bits per heavy atom. The van der Waals surface area contributed by atoms with Crippen LogP contribution in [0.2, 0.25) is 0 Å². The van der Waals surface area contributed by atoms with Crippen LogP contribution in [0.4, 0.5) is 11.4 Å². The average molecular weight is 526 g/mol. The van der Waals surface area contributed by atoms with Crippen molar-refractivity contribution in [2.24, 2.45) is 0 Å². The number of benzene rings is 2. The summed E-state index contributed by atoms with van der Waals surface area (Å²) in [6.45, 7) is 3.77. The Hall–Kier alpha value is -4.50. The summed E-state index contributed by atoms with van der Waals surface area (Å²) in [6.07, 6.45) is 4.07. The van der Waals surface area contributed by atoms with Crippen molar-refractivity contribution in [3.63, 3.8) is 0 Å². The van der Waals surface area contributed by atoms with E-state index in [1.165, 1.54) is 0 Å². The first-order valence-electron chi connectivity index (χ1n) is 12.3. The fourth-order valence-electron chi connectivity index (χ4n) is 4.77. The van der Waals surface area contributed by atoms with E-state index in [0.29, 0.717) is 11.5 Å². The number of carboxylic acid groups (broad SMARTS) is 1. The first kappa shape index (κ1) is 25.2. The molecule has 4 aromatic rings. The third-order valence-corrected chi connectivity index (χ3v) is 6.95. The van der Waals surface area contributed by atoms with Crippen LogP contribution >= 0.6 is 12.2 Å². The second-order valence-electron chi connectivity index (χ2n) is 9.06. The van der Waals surface area contributed by atoms with Crippen molar-refractivity contribution in [3.8, 4) is 5.69 Å². The van der Waals surface area contributed by atoms with E-state index >= 15 is 0 Å². The number of carbonyl (C=O) groups excluding carboxylic acids is 1. The molecule has 0 saturated carbocycles. The van der Waals surface area contributed by atoms with E-state index in [2.05, 4.69) is 20.5 Å². The summed E-state index contributed by atoms with van der Waals surface area (Å²) in [5.41, 5.74) is 5.22. The monoisotopic (exact) mass is 525 g/mol. The molecule has 2 atom stereocenters. The lowest BCUT2D eigenvalue weighted by Crippen LogP contribution is -2.30. The van der Waals surface area contributed by atoms with E-state index in [9.17, 15) is 14.7 Å². The second kappa shape index (κ2) is 10.5. The Labute approximate surface area is 225 Å². The van der Waals surface area contributed by atoms with E-state index in [1.54, 1.807) is 24.4 Å². The van der Waals surface area contributed by atoms with E-state index in [1.807, 2.05) is 79.2 Å². The number of aromatic carboxylic acids is 1. The van der Waals surface area contributed by atoms with Crippen LogP contribution in [0.5, 0.6) is 0 Å². The third-order valence-electron chi connectivity index (χ3n) is 6.64. The number of amides is 1. The normalized spacial score (nSPS) is 16.8. The second-order valence-corrected chi connectivity index (χ2v) is 9.44. The highest BCUT2D eigenvalue weighted by atomic mass is 32.1. The van der Waals surface area contributed by atoms with Crippen molar-refractivity contribution >= 4 is 40.6 Å². The molecule has 0 radical (unpaired) electrons. The van der Waals surface area contributed by atoms with Crippen molar-refractivity contribution < 1.29 is 14.7 Å². The lowest BCUT2D eigenvalue weighted by molar-refractivity contribution is -0.115. The minimum absolute atomic E-state index is 0.0475. The number of pyridine rings is 1. The maximum absolute atomic E-state index is 12.0. The lowest BCUT2D eigenvalue weighted by Gasteiger charge is -2.29. The molecule has 1 aliphatic heterocycles. The molecule has 192 valence electrons. The van der Waals surface area contributed by atoms with Gasteiger partial charge in [0.2, 0.25) is 5.91 Å². The number of anilines is 2. The van der Waals surface area contributed by atoms with Gasteiger partial charge in [-0.3, -0.25) is 9.78 Å². The number of carboxylic acids is 1. The predicted octanol–water partition coefficient (Wildman–Crippen LogP) is 5.40. The summed E-state index contributed by atoms with van der Waals surface area (Å²) >= 11 is 5.86. The van der Waals surface area contributed by atoms with Crippen LogP contribution in [0.15, 0.2) is 85.2 Å². The first-order valence-corrected chi connectivity index (χ1v) is 12.7. The Kier molecular flexibility index (Phi) is 6.93. The fourth-order valence-corrected chi connectivity index (χ4v) is 5.11. The molecule has 3 N–H and O–H groups in total. The quantitative estimate of drug-likeness (QED) is 0.278. The largest absolute Gasteiger partial charge is 0.478 e.